The Kier molecular flexibility index (Phi) is 7.55. The molecule has 0 aliphatic carbocycles. The van der Waals surface area contributed by atoms with Gasteiger partial charge in [-0.15, -0.1) is 0 Å². The number of carbonyl (C=O) groups excluding carboxylic acids is 1. The molecule has 28 heavy (non-hydrogen) atoms. The fraction of sp³-hybridized carbons (Fsp3) is 0.409. The standard InChI is InChI=1S/C22H29NO5/c1-7-27-18-10-9-16(12-21(18)28-8-2)22(24)23-15(4)17-13-20(26-6)19(25-5)11-14(17)3/h9-13,15H,7-8H2,1-6H3,(H,23,24). The maximum atomic E-state index is 12.8. The van der Waals surface area contributed by atoms with E-state index in [1.54, 1.807) is 32.4 Å². The van der Waals surface area contributed by atoms with E-state index in [1.807, 2.05) is 39.8 Å². The Morgan fingerprint density at radius 2 is 1.54 bits per heavy atom. The number of aryl methyl sites for hydroxylation is 1. The van der Waals surface area contributed by atoms with Crippen molar-refractivity contribution in [3.05, 3.63) is 47.0 Å². The molecule has 6 nitrogen and oxygen atoms in total. The smallest absolute Gasteiger partial charge is 0.251 e. The minimum absolute atomic E-state index is 0.189. The molecule has 0 aromatic heterocycles. The lowest BCUT2D eigenvalue weighted by molar-refractivity contribution is 0.0939. The second-order valence-electron chi connectivity index (χ2n) is 6.29. The molecule has 0 spiro atoms. The average Bonchev–Trinajstić information content (AvgIpc) is 2.69. The largest absolute Gasteiger partial charge is 0.493 e. The van der Waals surface area contributed by atoms with Gasteiger partial charge in [-0.3, -0.25) is 4.79 Å². The summed E-state index contributed by atoms with van der Waals surface area (Å²) in [6, 6.07) is 8.78. The first-order valence-electron chi connectivity index (χ1n) is 9.38. The van der Waals surface area contributed by atoms with Crippen LogP contribution in [0, 0.1) is 6.92 Å². The SMILES string of the molecule is CCOc1ccc(C(=O)NC(C)c2cc(OC)c(OC)cc2C)cc1OCC. The molecule has 0 fully saturated rings. The fourth-order valence-corrected chi connectivity index (χ4v) is 3.01. The van der Waals surface area contributed by atoms with E-state index < -0.39 is 0 Å². The highest BCUT2D eigenvalue weighted by Gasteiger charge is 2.18. The molecule has 0 saturated carbocycles. The number of hydrogen-bond donors (Lipinski definition) is 1. The summed E-state index contributed by atoms with van der Waals surface area (Å²) in [5, 5.41) is 3.03. The van der Waals surface area contributed by atoms with Gasteiger partial charge < -0.3 is 24.3 Å². The van der Waals surface area contributed by atoms with Gasteiger partial charge in [0.25, 0.3) is 5.91 Å². The molecule has 1 atom stereocenters. The van der Waals surface area contributed by atoms with Crippen LogP contribution in [-0.2, 0) is 0 Å². The summed E-state index contributed by atoms with van der Waals surface area (Å²) in [6.45, 7) is 8.73. The average molecular weight is 387 g/mol. The van der Waals surface area contributed by atoms with E-state index in [-0.39, 0.29) is 11.9 Å². The Morgan fingerprint density at radius 3 is 2.14 bits per heavy atom. The third-order valence-electron chi connectivity index (χ3n) is 4.39. The van der Waals surface area contributed by atoms with E-state index in [2.05, 4.69) is 5.32 Å². The highest BCUT2D eigenvalue weighted by atomic mass is 16.5. The van der Waals surface area contributed by atoms with E-state index in [9.17, 15) is 4.79 Å². The van der Waals surface area contributed by atoms with E-state index in [0.29, 0.717) is 41.8 Å². The zero-order valence-corrected chi connectivity index (χ0v) is 17.4. The summed E-state index contributed by atoms with van der Waals surface area (Å²) >= 11 is 0. The lowest BCUT2D eigenvalue weighted by Crippen LogP contribution is -2.27. The maximum Gasteiger partial charge on any atom is 0.251 e. The van der Waals surface area contributed by atoms with Crippen LogP contribution in [0.15, 0.2) is 30.3 Å². The number of carbonyl (C=O) groups is 1. The molecule has 0 aliphatic heterocycles. The van der Waals surface area contributed by atoms with Crippen LogP contribution in [0.2, 0.25) is 0 Å². The number of benzene rings is 2. The number of amides is 1. The highest BCUT2D eigenvalue weighted by Crippen LogP contribution is 2.33. The predicted molar refractivity (Wildman–Crippen MR) is 109 cm³/mol. The van der Waals surface area contributed by atoms with E-state index in [4.69, 9.17) is 18.9 Å². The van der Waals surface area contributed by atoms with Gasteiger partial charge in [0.05, 0.1) is 33.5 Å². The van der Waals surface area contributed by atoms with Crippen molar-refractivity contribution in [1.29, 1.82) is 0 Å². The van der Waals surface area contributed by atoms with Crippen molar-refractivity contribution in [3.8, 4) is 23.0 Å². The summed E-state index contributed by atoms with van der Waals surface area (Å²) in [7, 11) is 3.19. The van der Waals surface area contributed by atoms with Crippen LogP contribution in [0.5, 0.6) is 23.0 Å². The van der Waals surface area contributed by atoms with Gasteiger partial charge in [-0.05, 0) is 69.2 Å². The zero-order valence-electron chi connectivity index (χ0n) is 17.4. The second kappa shape index (κ2) is 9.88. The topological polar surface area (TPSA) is 66.0 Å². The third kappa shape index (κ3) is 4.88. The molecule has 0 aliphatic rings. The summed E-state index contributed by atoms with van der Waals surface area (Å²) in [6.07, 6.45) is 0. The third-order valence-corrected chi connectivity index (χ3v) is 4.39. The maximum absolute atomic E-state index is 12.8. The Bertz CT molecular complexity index is 819. The molecule has 0 radical (unpaired) electrons. The van der Waals surface area contributed by atoms with Crippen molar-refractivity contribution >= 4 is 5.91 Å². The number of ether oxygens (including phenoxy) is 4. The lowest BCUT2D eigenvalue weighted by Gasteiger charge is -2.19. The molecule has 0 saturated heterocycles. The fourth-order valence-electron chi connectivity index (χ4n) is 3.01. The van der Waals surface area contributed by atoms with Gasteiger partial charge in [0.1, 0.15) is 0 Å². The highest BCUT2D eigenvalue weighted by molar-refractivity contribution is 5.95. The van der Waals surface area contributed by atoms with E-state index in [1.165, 1.54) is 0 Å². The van der Waals surface area contributed by atoms with Crippen LogP contribution in [0.4, 0.5) is 0 Å². The number of methoxy groups -OCH3 is 2. The minimum atomic E-state index is -0.214. The van der Waals surface area contributed by atoms with Crippen LogP contribution in [-0.4, -0.2) is 33.3 Å². The van der Waals surface area contributed by atoms with Crippen molar-refractivity contribution < 1.29 is 23.7 Å². The minimum Gasteiger partial charge on any atom is -0.493 e. The molecule has 152 valence electrons. The molecule has 2 aromatic carbocycles. The molecule has 0 heterocycles. The quantitative estimate of drug-likeness (QED) is 0.695. The molecule has 0 bridgehead atoms. The van der Waals surface area contributed by atoms with Crippen LogP contribution in [0.25, 0.3) is 0 Å². The molecule has 6 heteroatoms. The van der Waals surface area contributed by atoms with E-state index in [0.717, 1.165) is 11.1 Å². The van der Waals surface area contributed by atoms with Crippen molar-refractivity contribution in [1.82, 2.24) is 5.32 Å². The van der Waals surface area contributed by atoms with Gasteiger partial charge in [-0.25, -0.2) is 0 Å². The molecular weight excluding hydrogens is 358 g/mol. The van der Waals surface area contributed by atoms with Gasteiger partial charge in [-0.2, -0.15) is 0 Å². The number of hydrogen-bond acceptors (Lipinski definition) is 5. The molecule has 2 rings (SSSR count). The first-order valence-corrected chi connectivity index (χ1v) is 9.38. The van der Waals surface area contributed by atoms with Crippen molar-refractivity contribution in [2.75, 3.05) is 27.4 Å². The first-order chi connectivity index (χ1) is 13.4. The van der Waals surface area contributed by atoms with Gasteiger partial charge in [0, 0.05) is 5.56 Å². The van der Waals surface area contributed by atoms with Gasteiger partial charge in [0.2, 0.25) is 0 Å². The normalized spacial score (nSPS) is 11.5. The molecule has 1 unspecified atom stereocenters. The zero-order chi connectivity index (χ0) is 20.7. The molecule has 1 amide bonds. The van der Waals surface area contributed by atoms with Crippen molar-refractivity contribution in [3.63, 3.8) is 0 Å². The Labute approximate surface area is 166 Å². The summed E-state index contributed by atoms with van der Waals surface area (Å²) < 4.78 is 21.9. The summed E-state index contributed by atoms with van der Waals surface area (Å²) in [4.78, 5) is 12.8. The van der Waals surface area contributed by atoms with Crippen molar-refractivity contribution in [2.24, 2.45) is 0 Å². The Balaban J connectivity index is 2.23. The molecule has 2 aromatic rings. The van der Waals surface area contributed by atoms with Crippen LogP contribution in [0.1, 0.15) is 48.3 Å². The molecule has 1 N–H and O–H groups in total. The monoisotopic (exact) mass is 387 g/mol. The van der Waals surface area contributed by atoms with Gasteiger partial charge >= 0.3 is 0 Å². The van der Waals surface area contributed by atoms with E-state index >= 15 is 0 Å². The molecular formula is C22H29NO5. The van der Waals surface area contributed by atoms with Crippen LogP contribution >= 0.6 is 0 Å². The van der Waals surface area contributed by atoms with Gasteiger partial charge in [0.15, 0.2) is 23.0 Å². The van der Waals surface area contributed by atoms with Crippen LogP contribution in [0.3, 0.4) is 0 Å². The van der Waals surface area contributed by atoms with Gasteiger partial charge in [-0.1, -0.05) is 0 Å². The summed E-state index contributed by atoms with van der Waals surface area (Å²) in [5.41, 5.74) is 2.48. The first kappa shape index (κ1) is 21.4. The summed E-state index contributed by atoms with van der Waals surface area (Å²) in [5.74, 6) is 2.29. The Morgan fingerprint density at radius 1 is 0.929 bits per heavy atom. The number of nitrogens with one attached hydrogen (secondary N) is 1. The lowest BCUT2D eigenvalue weighted by atomic mass is 10.0. The Hall–Kier alpha value is -2.89. The number of rotatable bonds is 9. The predicted octanol–water partition coefficient (Wildman–Crippen LogP) is 4.30. The second-order valence-corrected chi connectivity index (χ2v) is 6.29. The van der Waals surface area contributed by atoms with Crippen LogP contribution < -0.4 is 24.3 Å². The van der Waals surface area contributed by atoms with Crippen molar-refractivity contribution in [2.45, 2.75) is 33.7 Å².